The van der Waals surface area contributed by atoms with E-state index in [1.807, 2.05) is 0 Å². The first-order valence-electron chi connectivity index (χ1n) is 6.10. The Morgan fingerprint density at radius 1 is 1.37 bits per heavy atom. The first-order valence-corrected chi connectivity index (χ1v) is 6.10. The smallest absolute Gasteiger partial charge is 0.387 e. The summed E-state index contributed by atoms with van der Waals surface area (Å²) in [6, 6.07) is 5.55. The van der Waals surface area contributed by atoms with Crippen LogP contribution in [-0.4, -0.2) is 24.6 Å². The van der Waals surface area contributed by atoms with E-state index in [-0.39, 0.29) is 17.2 Å². The van der Waals surface area contributed by atoms with Crippen molar-refractivity contribution >= 4 is 5.91 Å². The Labute approximate surface area is 109 Å². The Kier molecular flexibility index (Phi) is 3.99. The molecule has 1 aromatic carbocycles. The van der Waals surface area contributed by atoms with Gasteiger partial charge in [-0.1, -0.05) is 0 Å². The van der Waals surface area contributed by atoms with Gasteiger partial charge in [0.1, 0.15) is 5.75 Å². The summed E-state index contributed by atoms with van der Waals surface area (Å²) >= 11 is 0. The maximum absolute atomic E-state index is 12.0. The molecule has 0 aromatic heterocycles. The van der Waals surface area contributed by atoms with Gasteiger partial charge in [0.15, 0.2) is 0 Å². The molecule has 3 N–H and O–H groups in total. The van der Waals surface area contributed by atoms with Gasteiger partial charge in [-0.05, 0) is 43.5 Å². The maximum atomic E-state index is 12.0. The van der Waals surface area contributed by atoms with Crippen molar-refractivity contribution in [3.8, 4) is 5.75 Å². The summed E-state index contributed by atoms with van der Waals surface area (Å²) in [5, 5.41) is 2.75. The highest BCUT2D eigenvalue weighted by atomic mass is 19.3. The summed E-state index contributed by atoms with van der Waals surface area (Å²) in [6.07, 6.45) is 2.91. The number of hydrogen-bond donors (Lipinski definition) is 2. The van der Waals surface area contributed by atoms with E-state index < -0.39 is 6.61 Å². The summed E-state index contributed by atoms with van der Waals surface area (Å²) in [7, 11) is 0. The highest BCUT2D eigenvalue weighted by molar-refractivity contribution is 5.94. The third-order valence-electron chi connectivity index (χ3n) is 3.29. The Morgan fingerprint density at radius 3 is 2.47 bits per heavy atom. The zero-order chi connectivity index (χ0) is 13.9. The molecule has 1 aliphatic rings. The van der Waals surface area contributed by atoms with Crippen molar-refractivity contribution in [3.05, 3.63) is 29.8 Å². The number of hydrogen-bond acceptors (Lipinski definition) is 3. The lowest BCUT2D eigenvalue weighted by molar-refractivity contribution is -0.0498. The minimum absolute atomic E-state index is 0.0286. The van der Waals surface area contributed by atoms with Crippen LogP contribution in [0, 0.1) is 0 Å². The molecule has 0 aliphatic heterocycles. The molecule has 1 saturated carbocycles. The van der Waals surface area contributed by atoms with Crippen LogP contribution >= 0.6 is 0 Å². The topological polar surface area (TPSA) is 64.3 Å². The molecule has 1 amide bonds. The third-order valence-corrected chi connectivity index (χ3v) is 3.29. The van der Waals surface area contributed by atoms with Gasteiger partial charge < -0.3 is 15.8 Å². The summed E-state index contributed by atoms with van der Waals surface area (Å²) in [5.74, 6) is -0.235. The predicted molar refractivity (Wildman–Crippen MR) is 66.2 cm³/mol. The third kappa shape index (κ3) is 3.64. The van der Waals surface area contributed by atoms with Crippen molar-refractivity contribution in [2.45, 2.75) is 31.4 Å². The van der Waals surface area contributed by atoms with Crippen molar-refractivity contribution in [1.29, 1.82) is 0 Å². The molecule has 0 bridgehead atoms. The van der Waals surface area contributed by atoms with E-state index in [0.717, 1.165) is 19.3 Å². The van der Waals surface area contributed by atoms with Crippen LogP contribution in [0.15, 0.2) is 24.3 Å². The molecular formula is C13H16F2N2O2. The molecule has 1 aromatic rings. The number of ether oxygens (including phenoxy) is 1. The Morgan fingerprint density at radius 2 is 2.00 bits per heavy atom. The Balaban J connectivity index is 1.88. The fourth-order valence-electron chi connectivity index (χ4n) is 1.95. The van der Waals surface area contributed by atoms with E-state index in [9.17, 15) is 13.6 Å². The fourth-order valence-corrected chi connectivity index (χ4v) is 1.95. The van der Waals surface area contributed by atoms with E-state index in [1.165, 1.54) is 24.3 Å². The first kappa shape index (κ1) is 13.7. The number of halogens is 2. The highest BCUT2D eigenvalue weighted by Crippen LogP contribution is 2.28. The Bertz CT molecular complexity index is 444. The molecule has 0 spiro atoms. The maximum Gasteiger partial charge on any atom is 0.387 e. The molecule has 2 rings (SSSR count). The van der Waals surface area contributed by atoms with Crippen LogP contribution < -0.4 is 15.8 Å². The molecule has 0 heterocycles. The molecule has 1 aliphatic carbocycles. The van der Waals surface area contributed by atoms with Gasteiger partial charge >= 0.3 is 6.61 Å². The predicted octanol–water partition coefficient (Wildman–Crippen LogP) is 1.90. The molecular weight excluding hydrogens is 254 g/mol. The molecule has 0 saturated heterocycles. The second-order valence-corrected chi connectivity index (χ2v) is 4.80. The molecule has 6 heteroatoms. The molecule has 0 unspecified atom stereocenters. The monoisotopic (exact) mass is 270 g/mol. The van der Waals surface area contributed by atoms with Crippen molar-refractivity contribution in [2.75, 3.05) is 6.54 Å². The number of amides is 1. The molecule has 0 atom stereocenters. The van der Waals surface area contributed by atoms with Crippen LogP contribution in [-0.2, 0) is 0 Å². The van der Waals surface area contributed by atoms with Crippen LogP contribution in [0.3, 0.4) is 0 Å². The lowest BCUT2D eigenvalue weighted by Crippen LogP contribution is -2.54. The lowest BCUT2D eigenvalue weighted by Gasteiger charge is -2.38. The summed E-state index contributed by atoms with van der Waals surface area (Å²) in [5.41, 5.74) is 6.10. The Hall–Kier alpha value is -1.69. The van der Waals surface area contributed by atoms with Gasteiger partial charge in [-0.2, -0.15) is 8.78 Å². The summed E-state index contributed by atoms with van der Waals surface area (Å²) in [4.78, 5) is 11.8. The van der Waals surface area contributed by atoms with Gasteiger partial charge in [0.05, 0.1) is 0 Å². The van der Waals surface area contributed by atoms with Crippen molar-refractivity contribution in [1.82, 2.24) is 5.32 Å². The number of nitrogens with one attached hydrogen (secondary N) is 1. The second-order valence-electron chi connectivity index (χ2n) is 4.80. The second kappa shape index (κ2) is 5.52. The number of alkyl halides is 2. The van der Waals surface area contributed by atoms with E-state index in [0.29, 0.717) is 12.1 Å². The van der Waals surface area contributed by atoms with Crippen LogP contribution in [0.4, 0.5) is 8.78 Å². The average molecular weight is 270 g/mol. The number of rotatable bonds is 5. The van der Waals surface area contributed by atoms with Crippen molar-refractivity contribution in [2.24, 2.45) is 5.73 Å². The summed E-state index contributed by atoms with van der Waals surface area (Å²) < 4.78 is 28.1. The van der Waals surface area contributed by atoms with E-state index in [1.54, 1.807) is 0 Å². The zero-order valence-corrected chi connectivity index (χ0v) is 10.4. The average Bonchev–Trinajstić information content (AvgIpc) is 2.34. The standard InChI is InChI=1S/C13H16F2N2O2/c14-12(15)19-10-4-2-9(3-5-10)11(18)17-8-13(16)6-1-7-13/h2-5,12H,1,6-8,16H2,(H,17,18). The van der Waals surface area contributed by atoms with E-state index in [2.05, 4.69) is 10.1 Å². The van der Waals surface area contributed by atoms with Gasteiger partial charge in [-0.25, -0.2) is 0 Å². The molecule has 104 valence electrons. The van der Waals surface area contributed by atoms with Crippen LogP contribution in [0.2, 0.25) is 0 Å². The normalized spacial score (nSPS) is 16.8. The largest absolute Gasteiger partial charge is 0.435 e. The van der Waals surface area contributed by atoms with Crippen molar-refractivity contribution < 1.29 is 18.3 Å². The van der Waals surface area contributed by atoms with Crippen LogP contribution in [0.25, 0.3) is 0 Å². The number of nitrogens with two attached hydrogens (primary N) is 1. The minimum atomic E-state index is -2.87. The van der Waals surface area contributed by atoms with Gasteiger partial charge in [0.25, 0.3) is 5.91 Å². The van der Waals surface area contributed by atoms with Gasteiger partial charge in [0.2, 0.25) is 0 Å². The van der Waals surface area contributed by atoms with E-state index in [4.69, 9.17) is 5.73 Å². The lowest BCUT2D eigenvalue weighted by atomic mass is 9.78. The number of carbonyl (C=O) groups is 1. The number of benzene rings is 1. The van der Waals surface area contributed by atoms with E-state index >= 15 is 0 Å². The molecule has 0 radical (unpaired) electrons. The van der Waals surface area contributed by atoms with Crippen LogP contribution in [0.5, 0.6) is 5.75 Å². The molecule has 4 nitrogen and oxygen atoms in total. The summed E-state index contributed by atoms with van der Waals surface area (Å²) in [6.45, 7) is -2.43. The van der Waals surface area contributed by atoms with Crippen molar-refractivity contribution in [3.63, 3.8) is 0 Å². The number of carbonyl (C=O) groups excluding carboxylic acids is 1. The molecule has 1 fully saturated rings. The highest BCUT2D eigenvalue weighted by Gasteiger charge is 2.32. The molecule has 19 heavy (non-hydrogen) atoms. The quantitative estimate of drug-likeness (QED) is 0.859. The fraction of sp³-hybridized carbons (Fsp3) is 0.462. The minimum Gasteiger partial charge on any atom is -0.435 e. The SMILES string of the molecule is NC1(CNC(=O)c2ccc(OC(F)F)cc2)CCC1. The zero-order valence-electron chi connectivity index (χ0n) is 10.4. The van der Waals surface area contributed by atoms with Crippen LogP contribution in [0.1, 0.15) is 29.6 Å². The van der Waals surface area contributed by atoms with Gasteiger partial charge in [-0.15, -0.1) is 0 Å². The van der Waals surface area contributed by atoms with Gasteiger partial charge in [0, 0.05) is 17.6 Å². The first-order chi connectivity index (χ1) is 8.98. The van der Waals surface area contributed by atoms with Gasteiger partial charge in [-0.3, -0.25) is 4.79 Å².